The van der Waals surface area contributed by atoms with Crippen molar-refractivity contribution in [2.24, 2.45) is 28.1 Å². The van der Waals surface area contributed by atoms with Crippen LogP contribution < -0.4 is 33.2 Å². The number of carbonyl (C=O) groups excluding carboxylic acids is 3. The van der Waals surface area contributed by atoms with E-state index >= 15 is 0 Å². The molecule has 0 aromatic heterocycles. The number of carboxylic acid groups (broad SMARTS) is 1. The minimum atomic E-state index is -1.57. The molecular weight excluding hydrogens is 438 g/mol. The number of amides is 3. The zero-order chi connectivity index (χ0) is 25.7. The number of aliphatic hydroxyl groups is 2. The van der Waals surface area contributed by atoms with E-state index in [0.717, 1.165) is 0 Å². The second-order valence-electron chi connectivity index (χ2n) is 8.05. The number of hydrogen-bond acceptors (Lipinski definition) is 8. The van der Waals surface area contributed by atoms with Crippen molar-refractivity contribution in [3.63, 3.8) is 0 Å². The minimum absolute atomic E-state index is 0.0725. The van der Waals surface area contributed by atoms with Crippen LogP contribution in [0, 0.1) is 5.92 Å². The van der Waals surface area contributed by atoms with Crippen LogP contribution in [0.4, 0.5) is 0 Å². The van der Waals surface area contributed by atoms with Gasteiger partial charge in [-0.2, -0.15) is 0 Å². The van der Waals surface area contributed by atoms with Gasteiger partial charge >= 0.3 is 5.97 Å². The summed E-state index contributed by atoms with van der Waals surface area (Å²) < 4.78 is 0. The molecule has 0 aliphatic rings. The summed E-state index contributed by atoms with van der Waals surface area (Å²) in [5.74, 6) is -3.99. The SMILES string of the molecule is CC(C)CC(NC(=O)C(CO)NC(=O)C(N)CCCN=C(N)N)C(=O)NC(C(=O)O)C(C)O. The number of carbonyl (C=O) groups is 4. The van der Waals surface area contributed by atoms with Crippen molar-refractivity contribution in [2.45, 2.75) is 70.3 Å². The van der Waals surface area contributed by atoms with Crippen LogP contribution >= 0.6 is 0 Å². The maximum atomic E-state index is 12.6. The number of aliphatic imine (C=N–C) groups is 1. The molecule has 14 heteroatoms. The normalized spacial score (nSPS) is 15.5. The Balaban J connectivity index is 5.12. The minimum Gasteiger partial charge on any atom is -0.480 e. The molecule has 5 atom stereocenters. The maximum Gasteiger partial charge on any atom is 0.328 e. The zero-order valence-electron chi connectivity index (χ0n) is 19.2. The zero-order valence-corrected chi connectivity index (χ0v) is 19.2. The van der Waals surface area contributed by atoms with Crippen LogP contribution in [0.2, 0.25) is 0 Å². The molecule has 33 heavy (non-hydrogen) atoms. The molecule has 0 bridgehead atoms. The van der Waals surface area contributed by atoms with E-state index in [1.54, 1.807) is 13.8 Å². The molecule has 0 saturated heterocycles. The number of rotatable bonds is 15. The van der Waals surface area contributed by atoms with Crippen LogP contribution in [0.3, 0.4) is 0 Å². The number of nitrogens with zero attached hydrogens (tertiary/aromatic N) is 1. The Hall–Kier alpha value is -2.97. The highest BCUT2D eigenvalue weighted by molar-refractivity contribution is 5.94. The van der Waals surface area contributed by atoms with E-state index in [4.69, 9.17) is 22.3 Å². The highest BCUT2D eigenvalue weighted by atomic mass is 16.4. The van der Waals surface area contributed by atoms with Gasteiger partial charge in [-0.25, -0.2) is 4.79 Å². The lowest BCUT2D eigenvalue weighted by molar-refractivity contribution is -0.145. The second kappa shape index (κ2) is 15.0. The van der Waals surface area contributed by atoms with Gasteiger partial charge in [-0.1, -0.05) is 13.8 Å². The van der Waals surface area contributed by atoms with E-state index in [9.17, 15) is 29.4 Å². The summed E-state index contributed by atoms with van der Waals surface area (Å²) in [4.78, 5) is 52.4. The van der Waals surface area contributed by atoms with Crippen molar-refractivity contribution >= 4 is 29.7 Å². The summed E-state index contributed by atoms with van der Waals surface area (Å²) in [5.41, 5.74) is 16.2. The molecule has 0 saturated carbocycles. The van der Waals surface area contributed by atoms with E-state index in [2.05, 4.69) is 20.9 Å². The topological polar surface area (TPSA) is 255 Å². The number of aliphatic carboxylic acids is 1. The number of nitrogens with one attached hydrogen (secondary N) is 3. The largest absolute Gasteiger partial charge is 0.480 e. The van der Waals surface area contributed by atoms with Crippen molar-refractivity contribution in [3.05, 3.63) is 0 Å². The van der Waals surface area contributed by atoms with Crippen LogP contribution in [0.15, 0.2) is 4.99 Å². The van der Waals surface area contributed by atoms with Crippen LogP contribution in [-0.2, 0) is 19.2 Å². The Labute approximate surface area is 192 Å². The fourth-order valence-corrected chi connectivity index (χ4v) is 2.74. The van der Waals surface area contributed by atoms with Crippen molar-refractivity contribution < 1.29 is 34.5 Å². The van der Waals surface area contributed by atoms with Crippen LogP contribution in [-0.4, -0.2) is 88.4 Å². The number of guanidine groups is 1. The van der Waals surface area contributed by atoms with E-state index in [-0.39, 0.29) is 31.3 Å². The van der Waals surface area contributed by atoms with Gasteiger partial charge in [-0.3, -0.25) is 19.4 Å². The van der Waals surface area contributed by atoms with E-state index in [1.165, 1.54) is 6.92 Å². The lowest BCUT2D eigenvalue weighted by Crippen LogP contribution is -2.59. The Morgan fingerprint density at radius 3 is 1.94 bits per heavy atom. The molecule has 14 nitrogen and oxygen atoms in total. The molecular formula is C19H37N7O7. The molecule has 0 aliphatic heterocycles. The van der Waals surface area contributed by atoms with Gasteiger partial charge in [-0.15, -0.1) is 0 Å². The molecule has 0 rings (SSSR count). The second-order valence-corrected chi connectivity index (χ2v) is 8.05. The predicted octanol–water partition coefficient (Wildman–Crippen LogP) is -3.67. The van der Waals surface area contributed by atoms with Crippen LogP contribution in [0.25, 0.3) is 0 Å². The monoisotopic (exact) mass is 475 g/mol. The van der Waals surface area contributed by atoms with E-state index < -0.39 is 60.6 Å². The molecule has 0 radical (unpaired) electrons. The third-order valence-electron chi connectivity index (χ3n) is 4.51. The smallest absolute Gasteiger partial charge is 0.328 e. The molecule has 0 spiro atoms. The van der Waals surface area contributed by atoms with Crippen LogP contribution in [0.1, 0.15) is 40.0 Å². The quantitative estimate of drug-likeness (QED) is 0.0636. The van der Waals surface area contributed by atoms with Crippen LogP contribution in [0.5, 0.6) is 0 Å². The number of carboxylic acids is 1. The fraction of sp³-hybridized carbons (Fsp3) is 0.737. The summed E-state index contributed by atoms with van der Waals surface area (Å²) in [6.45, 7) is 4.26. The molecule has 0 fully saturated rings. The Bertz CT molecular complexity index is 696. The first-order valence-corrected chi connectivity index (χ1v) is 10.5. The Kier molecular flexibility index (Phi) is 13.6. The first kappa shape index (κ1) is 30.0. The number of aliphatic hydroxyl groups excluding tert-OH is 2. The van der Waals surface area contributed by atoms with Crippen molar-refractivity contribution in [3.8, 4) is 0 Å². The van der Waals surface area contributed by atoms with E-state index in [1.807, 2.05) is 0 Å². The average Bonchev–Trinajstić information content (AvgIpc) is 2.70. The summed E-state index contributed by atoms with van der Waals surface area (Å²) in [6.07, 6.45) is -0.607. The molecule has 190 valence electrons. The van der Waals surface area contributed by atoms with Gasteiger partial charge in [-0.05, 0) is 32.1 Å². The highest BCUT2D eigenvalue weighted by Gasteiger charge is 2.32. The summed E-state index contributed by atoms with van der Waals surface area (Å²) in [5, 5.41) is 35.2. The first-order valence-electron chi connectivity index (χ1n) is 10.5. The van der Waals surface area contributed by atoms with Crippen molar-refractivity contribution in [1.29, 1.82) is 0 Å². The molecule has 0 aromatic rings. The number of nitrogens with two attached hydrogens (primary N) is 3. The van der Waals surface area contributed by atoms with E-state index in [0.29, 0.717) is 6.42 Å². The average molecular weight is 476 g/mol. The Morgan fingerprint density at radius 2 is 1.48 bits per heavy atom. The Morgan fingerprint density at radius 1 is 0.939 bits per heavy atom. The van der Waals surface area contributed by atoms with Gasteiger partial charge < -0.3 is 48.5 Å². The maximum absolute atomic E-state index is 12.6. The molecule has 0 heterocycles. The third kappa shape index (κ3) is 12.0. The van der Waals surface area contributed by atoms with Gasteiger partial charge in [0.1, 0.15) is 12.1 Å². The standard InChI is InChI=1S/C19H37N7O7/c1-9(2)7-12(16(30)26-14(10(3)28)18(32)33)24-17(31)13(8-27)25-15(29)11(20)5-4-6-23-19(21)22/h9-14,27-28H,4-8,20H2,1-3H3,(H,24,31)(H,25,29)(H,26,30)(H,32,33)(H4,21,22,23). The van der Waals surface area contributed by atoms with Gasteiger partial charge in [0.05, 0.1) is 18.8 Å². The van der Waals surface area contributed by atoms with Gasteiger partial charge in [0, 0.05) is 6.54 Å². The molecule has 5 unspecified atom stereocenters. The van der Waals surface area contributed by atoms with Gasteiger partial charge in [0.25, 0.3) is 0 Å². The lowest BCUT2D eigenvalue weighted by Gasteiger charge is -2.26. The fourth-order valence-electron chi connectivity index (χ4n) is 2.74. The third-order valence-corrected chi connectivity index (χ3v) is 4.51. The highest BCUT2D eigenvalue weighted by Crippen LogP contribution is 2.07. The summed E-state index contributed by atoms with van der Waals surface area (Å²) in [7, 11) is 0. The summed E-state index contributed by atoms with van der Waals surface area (Å²) in [6, 6.07) is -5.12. The van der Waals surface area contributed by atoms with Gasteiger partial charge in [0.15, 0.2) is 12.0 Å². The van der Waals surface area contributed by atoms with Gasteiger partial charge in [0.2, 0.25) is 17.7 Å². The lowest BCUT2D eigenvalue weighted by atomic mass is 10.0. The molecule has 12 N–H and O–H groups in total. The molecule has 0 aromatic carbocycles. The molecule has 0 aliphatic carbocycles. The van der Waals surface area contributed by atoms with Crippen molar-refractivity contribution in [1.82, 2.24) is 16.0 Å². The van der Waals surface area contributed by atoms with Crippen molar-refractivity contribution in [2.75, 3.05) is 13.2 Å². The predicted molar refractivity (Wildman–Crippen MR) is 120 cm³/mol. The number of hydrogen-bond donors (Lipinski definition) is 9. The summed E-state index contributed by atoms with van der Waals surface area (Å²) >= 11 is 0. The molecule has 3 amide bonds. The first-order chi connectivity index (χ1) is 15.3.